The molecule has 2 heterocycles. The molecule has 14 heavy (non-hydrogen) atoms. The zero-order valence-corrected chi connectivity index (χ0v) is 7.98. The van der Waals surface area contributed by atoms with E-state index in [1.54, 1.807) is 0 Å². The first-order valence-corrected chi connectivity index (χ1v) is 4.33. The number of nitrogens with two attached hydrogens (primary N) is 1. The molecule has 0 bridgehead atoms. The molecule has 0 aliphatic heterocycles. The van der Waals surface area contributed by atoms with E-state index in [1.165, 1.54) is 10.5 Å². The van der Waals surface area contributed by atoms with Gasteiger partial charge in [-0.25, -0.2) is 14.5 Å². The van der Waals surface area contributed by atoms with Crippen LogP contribution in [0.1, 0.15) is 25.5 Å². The Labute approximate surface area is 79.8 Å². The van der Waals surface area contributed by atoms with E-state index in [9.17, 15) is 4.79 Å². The molecule has 0 radical (unpaired) electrons. The summed E-state index contributed by atoms with van der Waals surface area (Å²) in [4.78, 5) is 15.8. The predicted molar refractivity (Wildman–Crippen MR) is 52.1 cm³/mol. The van der Waals surface area contributed by atoms with Crippen LogP contribution in [0.3, 0.4) is 0 Å². The molecule has 2 aromatic heterocycles. The van der Waals surface area contributed by atoms with Gasteiger partial charge in [-0.05, 0) is 5.92 Å². The largest absolute Gasteiger partial charge is 0.368 e. The van der Waals surface area contributed by atoms with Gasteiger partial charge in [-0.3, -0.25) is 4.79 Å². The number of nitrogens with zero attached hydrogens (tertiary/aromatic N) is 3. The van der Waals surface area contributed by atoms with Crippen molar-refractivity contribution in [2.45, 2.75) is 19.8 Å². The number of rotatable bonds is 1. The number of nitrogens with one attached hydrogen (secondary N) is 1. The van der Waals surface area contributed by atoms with Gasteiger partial charge in [0.25, 0.3) is 5.56 Å². The molecule has 0 atom stereocenters. The molecule has 0 aliphatic rings. The van der Waals surface area contributed by atoms with Crippen molar-refractivity contribution in [2.75, 3.05) is 5.73 Å². The fourth-order valence-electron chi connectivity index (χ4n) is 1.25. The Balaban J connectivity index is 2.81. The summed E-state index contributed by atoms with van der Waals surface area (Å²) < 4.78 is 1.24. The summed E-state index contributed by atoms with van der Waals surface area (Å²) in [6.07, 6.45) is 0. The van der Waals surface area contributed by atoms with E-state index in [0.717, 1.165) is 5.69 Å². The Bertz CT molecular complexity index is 524. The third-order valence-electron chi connectivity index (χ3n) is 2.03. The minimum Gasteiger partial charge on any atom is -0.368 e. The lowest BCUT2D eigenvalue weighted by atomic mass is 10.1. The van der Waals surface area contributed by atoms with Crippen molar-refractivity contribution in [1.29, 1.82) is 0 Å². The van der Waals surface area contributed by atoms with Crippen LogP contribution < -0.4 is 11.3 Å². The molecule has 0 aromatic carbocycles. The Morgan fingerprint density at radius 3 is 2.93 bits per heavy atom. The van der Waals surface area contributed by atoms with Gasteiger partial charge in [-0.1, -0.05) is 13.8 Å². The first kappa shape index (κ1) is 8.74. The number of hydrogen-bond acceptors (Lipinski definition) is 4. The van der Waals surface area contributed by atoms with E-state index < -0.39 is 0 Å². The fraction of sp³-hybridized carbons (Fsp3) is 0.375. The highest BCUT2D eigenvalue weighted by Gasteiger charge is 2.09. The monoisotopic (exact) mass is 193 g/mol. The molecule has 2 aromatic rings. The maximum absolute atomic E-state index is 11.6. The third kappa shape index (κ3) is 1.15. The molecule has 0 amide bonds. The van der Waals surface area contributed by atoms with Gasteiger partial charge in [0.2, 0.25) is 11.7 Å². The number of aromatic amines is 1. The average molecular weight is 193 g/mol. The molecule has 6 heteroatoms. The van der Waals surface area contributed by atoms with Gasteiger partial charge in [0.05, 0.1) is 5.69 Å². The molecular weight excluding hydrogens is 182 g/mol. The highest BCUT2D eigenvalue weighted by atomic mass is 16.1. The summed E-state index contributed by atoms with van der Waals surface area (Å²) in [5.74, 6) is 0.726. The van der Waals surface area contributed by atoms with Gasteiger partial charge < -0.3 is 5.73 Å². The number of hydrogen-bond donors (Lipinski definition) is 2. The molecule has 0 fully saturated rings. The first-order chi connectivity index (χ1) is 6.59. The van der Waals surface area contributed by atoms with Crippen LogP contribution in [0, 0.1) is 0 Å². The van der Waals surface area contributed by atoms with E-state index in [4.69, 9.17) is 5.73 Å². The van der Waals surface area contributed by atoms with E-state index in [1.807, 2.05) is 13.8 Å². The van der Waals surface area contributed by atoms with Gasteiger partial charge in [-0.15, -0.1) is 5.10 Å². The number of nitrogen functional groups attached to an aromatic ring is 1. The Hall–Kier alpha value is -1.85. The second-order valence-corrected chi connectivity index (χ2v) is 3.41. The Morgan fingerprint density at radius 1 is 1.57 bits per heavy atom. The van der Waals surface area contributed by atoms with Crippen molar-refractivity contribution in [3.05, 3.63) is 22.1 Å². The van der Waals surface area contributed by atoms with Crippen LogP contribution in [-0.2, 0) is 0 Å². The zero-order chi connectivity index (χ0) is 10.3. The zero-order valence-electron chi connectivity index (χ0n) is 7.98. The van der Waals surface area contributed by atoms with Gasteiger partial charge in [0.1, 0.15) is 0 Å². The molecule has 6 nitrogen and oxygen atoms in total. The lowest BCUT2D eigenvalue weighted by molar-refractivity contribution is 0.811. The molecule has 0 unspecified atom stereocenters. The van der Waals surface area contributed by atoms with Crippen LogP contribution in [0.5, 0.6) is 0 Å². The first-order valence-electron chi connectivity index (χ1n) is 4.33. The highest BCUT2D eigenvalue weighted by Crippen LogP contribution is 2.09. The van der Waals surface area contributed by atoms with Crippen molar-refractivity contribution < 1.29 is 0 Å². The van der Waals surface area contributed by atoms with Crippen LogP contribution in [0.4, 0.5) is 5.95 Å². The molecule has 2 rings (SSSR count). The number of fused-ring (bicyclic) bond motifs is 1. The van der Waals surface area contributed by atoms with Gasteiger partial charge in [0.15, 0.2) is 0 Å². The van der Waals surface area contributed by atoms with Crippen molar-refractivity contribution in [2.24, 2.45) is 0 Å². The molecule has 0 saturated heterocycles. The lowest BCUT2D eigenvalue weighted by Crippen LogP contribution is -2.16. The van der Waals surface area contributed by atoms with Crippen LogP contribution >= 0.6 is 0 Å². The molecule has 3 N–H and O–H groups in total. The average Bonchev–Trinajstić information content (AvgIpc) is 2.48. The van der Waals surface area contributed by atoms with Gasteiger partial charge in [-0.2, -0.15) is 0 Å². The summed E-state index contributed by atoms with van der Waals surface area (Å²) in [5, 5.41) is 6.31. The van der Waals surface area contributed by atoms with Crippen molar-refractivity contribution in [3.8, 4) is 0 Å². The quantitative estimate of drug-likeness (QED) is 0.673. The van der Waals surface area contributed by atoms with Gasteiger partial charge in [0, 0.05) is 6.07 Å². The van der Waals surface area contributed by atoms with Crippen LogP contribution in [0.15, 0.2) is 10.9 Å². The molecule has 0 spiro atoms. The maximum Gasteiger partial charge on any atom is 0.262 e. The topological polar surface area (TPSA) is 89.1 Å². The summed E-state index contributed by atoms with van der Waals surface area (Å²) >= 11 is 0. The van der Waals surface area contributed by atoms with Crippen molar-refractivity contribution in [1.82, 2.24) is 19.6 Å². The SMILES string of the molecule is CC(C)c1cc(=O)n2c(N)n[nH]c2n1. The standard InChI is InChI=1S/C8H11N5O/c1-4(2)5-3-6(14)13-7(9)11-12-8(13)10-5/h3-4H,1-2H3,(H2,9,11)(H,10,12). The molecular formula is C8H11N5O. The highest BCUT2D eigenvalue weighted by molar-refractivity contribution is 5.36. The van der Waals surface area contributed by atoms with Crippen LogP contribution in [-0.4, -0.2) is 19.6 Å². The second-order valence-electron chi connectivity index (χ2n) is 3.41. The lowest BCUT2D eigenvalue weighted by Gasteiger charge is -2.02. The number of anilines is 1. The van der Waals surface area contributed by atoms with E-state index in [2.05, 4.69) is 15.2 Å². The maximum atomic E-state index is 11.6. The van der Waals surface area contributed by atoms with Gasteiger partial charge >= 0.3 is 0 Å². The molecule has 74 valence electrons. The van der Waals surface area contributed by atoms with E-state index in [0.29, 0.717) is 5.78 Å². The van der Waals surface area contributed by atoms with E-state index >= 15 is 0 Å². The number of aromatic nitrogens is 4. The normalized spacial score (nSPS) is 11.4. The van der Waals surface area contributed by atoms with Crippen molar-refractivity contribution in [3.63, 3.8) is 0 Å². The Morgan fingerprint density at radius 2 is 2.29 bits per heavy atom. The predicted octanol–water partition coefficient (Wildman–Crippen LogP) is 0.123. The summed E-state index contributed by atoms with van der Waals surface area (Å²) in [6.45, 7) is 3.94. The van der Waals surface area contributed by atoms with E-state index in [-0.39, 0.29) is 17.4 Å². The van der Waals surface area contributed by atoms with Crippen LogP contribution in [0.25, 0.3) is 5.78 Å². The minimum atomic E-state index is -0.204. The Kier molecular flexibility index (Phi) is 1.77. The summed E-state index contributed by atoms with van der Waals surface area (Å²) in [5.41, 5.74) is 6.01. The summed E-state index contributed by atoms with van der Waals surface area (Å²) in [7, 11) is 0. The smallest absolute Gasteiger partial charge is 0.262 e. The van der Waals surface area contributed by atoms with Crippen LogP contribution in [0.2, 0.25) is 0 Å². The minimum absolute atomic E-state index is 0.132. The fourth-order valence-corrected chi connectivity index (χ4v) is 1.25. The molecule has 0 aliphatic carbocycles. The third-order valence-corrected chi connectivity index (χ3v) is 2.03. The second kappa shape index (κ2) is 2.83. The number of H-pyrrole nitrogens is 1. The van der Waals surface area contributed by atoms with Crippen molar-refractivity contribution >= 4 is 11.7 Å². The molecule has 0 saturated carbocycles. The summed E-state index contributed by atoms with van der Waals surface area (Å²) in [6, 6.07) is 1.48.